The molecule has 0 N–H and O–H groups in total. The molecule has 0 unspecified atom stereocenters. The molecular weight excluding hydrogens is 326 g/mol. The molecular formula is C14H16ClN3O3S. The van der Waals surface area contributed by atoms with Gasteiger partial charge in [0, 0.05) is 19.6 Å². The minimum atomic E-state index is -3.69. The molecule has 118 valence electrons. The summed E-state index contributed by atoms with van der Waals surface area (Å²) in [6, 6.07) is 6.24. The van der Waals surface area contributed by atoms with Gasteiger partial charge in [-0.1, -0.05) is 11.6 Å². The van der Waals surface area contributed by atoms with Crippen molar-refractivity contribution in [2.75, 3.05) is 33.3 Å². The average Bonchev–Trinajstić information content (AvgIpc) is 2.93. The number of morpholine rings is 1. The van der Waals surface area contributed by atoms with Gasteiger partial charge in [-0.15, -0.1) is 0 Å². The van der Waals surface area contributed by atoms with E-state index >= 15 is 0 Å². The molecule has 2 aliphatic heterocycles. The number of ether oxygens (including phenoxy) is 1. The molecule has 0 aliphatic carbocycles. The van der Waals surface area contributed by atoms with Gasteiger partial charge < -0.3 is 4.74 Å². The van der Waals surface area contributed by atoms with Crippen molar-refractivity contribution in [2.24, 2.45) is 0 Å². The van der Waals surface area contributed by atoms with Gasteiger partial charge in [0.1, 0.15) is 4.90 Å². The number of hydrogen-bond acceptors (Lipinski definition) is 5. The molecule has 0 bridgehead atoms. The Balaban J connectivity index is 1.90. The summed E-state index contributed by atoms with van der Waals surface area (Å²) >= 11 is 6.05. The van der Waals surface area contributed by atoms with Crippen molar-refractivity contribution < 1.29 is 13.2 Å². The Hall–Kier alpha value is -1.17. The number of benzene rings is 1. The molecule has 8 heteroatoms. The lowest BCUT2D eigenvalue weighted by Crippen LogP contribution is -2.48. The summed E-state index contributed by atoms with van der Waals surface area (Å²) in [6.07, 6.45) is -0.106. The van der Waals surface area contributed by atoms with Crippen molar-refractivity contribution in [3.05, 3.63) is 28.8 Å². The van der Waals surface area contributed by atoms with E-state index in [9.17, 15) is 8.42 Å². The number of halogens is 1. The number of fused-ring (bicyclic) bond motifs is 1. The van der Waals surface area contributed by atoms with Crippen LogP contribution in [0.15, 0.2) is 23.1 Å². The zero-order chi connectivity index (χ0) is 15.9. The molecule has 2 atom stereocenters. The molecule has 2 saturated heterocycles. The number of sulfonamides is 1. The summed E-state index contributed by atoms with van der Waals surface area (Å²) < 4.78 is 32.7. The maximum atomic E-state index is 12.8. The van der Waals surface area contributed by atoms with E-state index in [2.05, 4.69) is 4.90 Å². The second-order valence-corrected chi connectivity index (χ2v) is 7.85. The second-order valence-electron chi connectivity index (χ2n) is 5.54. The van der Waals surface area contributed by atoms with Gasteiger partial charge >= 0.3 is 0 Å². The van der Waals surface area contributed by atoms with E-state index in [1.54, 1.807) is 0 Å². The van der Waals surface area contributed by atoms with Gasteiger partial charge in [-0.2, -0.15) is 9.57 Å². The summed E-state index contributed by atoms with van der Waals surface area (Å²) in [4.78, 5) is 2.17. The normalized spacial score (nSPS) is 26.6. The first-order valence-corrected chi connectivity index (χ1v) is 8.77. The van der Waals surface area contributed by atoms with Crippen molar-refractivity contribution in [1.29, 1.82) is 5.26 Å². The van der Waals surface area contributed by atoms with Gasteiger partial charge in [-0.3, -0.25) is 4.90 Å². The zero-order valence-electron chi connectivity index (χ0n) is 12.1. The monoisotopic (exact) mass is 341 g/mol. The molecule has 22 heavy (non-hydrogen) atoms. The molecule has 3 rings (SSSR count). The van der Waals surface area contributed by atoms with E-state index in [0.29, 0.717) is 25.3 Å². The van der Waals surface area contributed by atoms with Crippen LogP contribution in [0.1, 0.15) is 5.56 Å². The Labute approximate surface area is 134 Å². The summed E-state index contributed by atoms with van der Waals surface area (Å²) in [7, 11) is -1.71. The van der Waals surface area contributed by atoms with Crippen molar-refractivity contribution >= 4 is 21.6 Å². The van der Waals surface area contributed by atoms with Crippen LogP contribution >= 0.6 is 11.6 Å². The van der Waals surface area contributed by atoms with E-state index in [-0.39, 0.29) is 22.1 Å². The van der Waals surface area contributed by atoms with Crippen LogP contribution in [0.5, 0.6) is 0 Å². The molecule has 0 saturated carbocycles. The number of nitrogens with zero attached hydrogens (tertiary/aromatic N) is 3. The molecule has 6 nitrogen and oxygen atoms in total. The average molecular weight is 342 g/mol. The lowest BCUT2D eigenvalue weighted by molar-refractivity contribution is -0.0366. The SMILES string of the molecule is CN1CCO[C@@H]2CN(S(=O)(=O)c3ccc(C#N)cc3Cl)C[C@@H]21. The van der Waals surface area contributed by atoms with E-state index in [1.165, 1.54) is 22.5 Å². The Morgan fingerprint density at radius 3 is 2.82 bits per heavy atom. The number of hydrogen-bond donors (Lipinski definition) is 0. The number of likely N-dealkylation sites (N-methyl/N-ethyl adjacent to an activating group) is 1. The van der Waals surface area contributed by atoms with Crippen molar-refractivity contribution in [2.45, 2.75) is 17.0 Å². The molecule has 0 amide bonds. The highest BCUT2D eigenvalue weighted by Gasteiger charge is 2.43. The standard InChI is InChI=1S/C14H16ClN3O3S/c1-17-4-5-21-13-9-18(8-12(13)17)22(19,20)14-3-2-10(7-16)6-11(14)15/h2-3,6,12-13H,4-5,8-9H2,1H3/t12-,13+/m0/s1. The summed E-state index contributed by atoms with van der Waals surface area (Å²) in [5, 5.41) is 8.92. The van der Waals surface area contributed by atoms with E-state index in [0.717, 1.165) is 6.54 Å². The van der Waals surface area contributed by atoms with Gasteiger partial charge in [0.05, 0.1) is 35.4 Å². The maximum absolute atomic E-state index is 12.8. The first kappa shape index (κ1) is 15.7. The Morgan fingerprint density at radius 2 is 2.18 bits per heavy atom. The molecule has 0 spiro atoms. The summed E-state index contributed by atoms with van der Waals surface area (Å²) in [5.74, 6) is 0. The predicted octanol–water partition coefficient (Wildman–Crippen LogP) is 0.915. The fourth-order valence-electron chi connectivity index (χ4n) is 2.94. The van der Waals surface area contributed by atoms with Crippen LogP contribution in [0.25, 0.3) is 0 Å². The largest absolute Gasteiger partial charge is 0.374 e. The highest BCUT2D eigenvalue weighted by Crippen LogP contribution is 2.30. The van der Waals surface area contributed by atoms with Gasteiger partial charge in [0.25, 0.3) is 0 Å². The van der Waals surface area contributed by atoms with E-state index in [4.69, 9.17) is 21.6 Å². The zero-order valence-corrected chi connectivity index (χ0v) is 13.6. The predicted molar refractivity (Wildman–Crippen MR) is 81.1 cm³/mol. The highest BCUT2D eigenvalue weighted by molar-refractivity contribution is 7.89. The first-order chi connectivity index (χ1) is 10.4. The first-order valence-electron chi connectivity index (χ1n) is 6.95. The minimum Gasteiger partial charge on any atom is -0.374 e. The third-order valence-corrected chi connectivity index (χ3v) is 6.54. The Bertz CT molecular complexity index is 731. The van der Waals surface area contributed by atoms with Crippen LogP contribution in [-0.2, 0) is 14.8 Å². The highest BCUT2D eigenvalue weighted by atomic mass is 35.5. The molecule has 1 aromatic rings. The second kappa shape index (κ2) is 5.80. The van der Waals surface area contributed by atoms with Crippen molar-refractivity contribution in [3.63, 3.8) is 0 Å². The van der Waals surface area contributed by atoms with Gasteiger partial charge in [-0.25, -0.2) is 8.42 Å². The van der Waals surface area contributed by atoms with Gasteiger partial charge in [-0.05, 0) is 25.2 Å². The third-order valence-electron chi connectivity index (χ3n) is 4.22. The summed E-state index contributed by atoms with van der Waals surface area (Å²) in [5.41, 5.74) is 0.335. The van der Waals surface area contributed by atoms with Crippen LogP contribution in [0.3, 0.4) is 0 Å². The molecule has 2 aliphatic rings. The van der Waals surface area contributed by atoms with Crippen LogP contribution in [0.4, 0.5) is 0 Å². The van der Waals surface area contributed by atoms with Crippen molar-refractivity contribution in [1.82, 2.24) is 9.21 Å². The van der Waals surface area contributed by atoms with Crippen LogP contribution < -0.4 is 0 Å². The lowest BCUT2D eigenvalue weighted by Gasteiger charge is -2.33. The number of nitriles is 1. The van der Waals surface area contributed by atoms with Crippen LogP contribution in [-0.4, -0.2) is 63.1 Å². The fraction of sp³-hybridized carbons (Fsp3) is 0.500. The molecule has 2 heterocycles. The van der Waals surface area contributed by atoms with E-state index in [1.807, 2.05) is 13.1 Å². The Kier molecular flexibility index (Phi) is 4.14. The number of rotatable bonds is 2. The topological polar surface area (TPSA) is 73.6 Å². The lowest BCUT2D eigenvalue weighted by atomic mass is 10.1. The Morgan fingerprint density at radius 1 is 1.41 bits per heavy atom. The molecule has 0 aromatic heterocycles. The van der Waals surface area contributed by atoms with Crippen LogP contribution in [0, 0.1) is 11.3 Å². The maximum Gasteiger partial charge on any atom is 0.244 e. The molecule has 2 fully saturated rings. The van der Waals surface area contributed by atoms with Crippen LogP contribution in [0.2, 0.25) is 5.02 Å². The molecule has 0 radical (unpaired) electrons. The minimum absolute atomic E-state index is 0.0365. The fourth-order valence-corrected chi connectivity index (χ4v) is 4.93. The van der Waals surface area contributed by atoms with Gasteiger partial charge in [0.15, 0.2) is 0 Å². The summed E-state index contributed by atoms with van der Waals surface area (Å²) in [6.45, 7) is 2.13. The van der Waals surface area contributed by atoms with Gasteiger partial charge in [0.2, 0.25) is 10.0 Å². The third kappa shape index (κ3) is 2.62. The molecule has 1 aromatic carbocycles. The van der Waals surface area contributed by atoms with E-state index < -0.39 is 10.0 Å². The van der Waals surface area contributed by atoms with Crippen molar-refractivity contribution in [3.8, 4) is 6.07 Å². The quantitative estimate of drug-likeness (QED) is 0.799. The smallest absolute Gasteiger partial charge is 0.244 e.